The van der Waals surface area contributed by atoms with Crippen LogP contribution in [0.1, 0.15) is 17.5 Å². The van der Waals surface area contributed by atoms with E-state index in [-0.39, 0.29) is 18.9 Å². The number of ether oxygens (including phenoxy) is 2. The smallest absolute Gasteiger partial charge is 0.171 e. The first-order chi connectivity index (χ1) is 12.2. The van der Waals surface area contributed by atoms with Gasteiger partial charge in [-0.25, -0.2) is 4.39 Å². The van der Waals surface area contributed by atoms with Crippen molar-refractivity contribution in [1.82, 2.24) is 0 Å². The number of hydrogen-bond acceptors (Lipinski definition) is 4. The van der Waals surface area contributed by atoms with E-state index in [1.54, 1.807) is 6.07 Å². The Balaban J connectivity index is 1.70. The molecular formula is C18H18FN3O3. The third kappa shape index (κ3) is 4.02. The van der Waals surface area contributed by atoms with Gasteiger partial charge >= 0.3 is 0 Å². The van der Waals surface area contributed by atoms with E-state index in [9.17, 15) is 9.50 Å². The number of hydrogen-bond donors (Lipinski definition) is 1. The molecule has 0 aromatic heterocycles. The number of nitrogens with zero attached hydrogens (tertiary/aromatic N) is 3. The molecule has 130 valence electrons. The van der Waals surface area contributed by atoms with Gasteiger partial charge in [0.15, 0.2) is 11.6 Å². The van der Waals surface area contributed by atoms with E-state index in [0.717, 1.165) is 5.56 Å². The Morgan fingerprint density at radius 2 is 2.12 bits per heavy atom. The highest BCUT2D eigenvalue weighted by Crippen LogP contribution is 2.35. The highest BCUT2D eigenvalue weighted by Gasteiger charge is 2.28. The molecule has 2 aromatic carbocycles. The van der Waals surface area contributed by atoms with Crippen LogP contribution in [0, 0.1) is 5.82 Å². The standard InChI is InChI=1S/C18H18FN3O3/c19-18-13-6-7-16(14(23)10-21-22-20)25-15(13)8-9-17(18)24-11-12-4-2-1-3-5-12/h1-5,8-9,14,16,23H,6-7,10-11H2/t14-,16+/m0/s1. The fraction of sp³-hybridized carbons (Fsp3) is 0.333. The molecular weight excluding hydrogens is 325 g/mol. The second-order valence-corrected chi connectivity index (χ2v) is 5.80. The zero-order valence-corrected chi connectivity index (χ0v) is 13.5. The molecule has 0 radical (unpaired) electrons. The van der Waals surface area contributed by atoms with Gasteiger partial charge in [-0.05, 0) is 36.1 Å². The van der Waals surface area contributed by atoms with Crippen LogP contribution in [0.5, 0.6) is 11.5 Å². The highest BCUT2D eigenvalue weighted by atomic mass is 19.1. The van der Waals surface area contributed by atoms with Crippen molar-refractivity contribution < 1.29 is 19.0 Å². The van der Waals surface area contributed by atoms with E-state index in [0.29, 0.717) is 24.2 Å². The fourth-order valence-electron chi connectivity index (χ4n) is 2.79. The summed E-state index contributed by atoms with van der Waals surface area (Å²) in [5.74, 6) is 0.136. The largest absolute Gasteiger partial charge is 0.487 e. The van der Waals surface area contributed by atoms with Crippen molar-refractivity contribution in [2.24, 2.45) is 5.11 Å². The summed E-state index contributed by atoms with van der Waals surface area (Å²) in [6.45, 7) is 0.210. The van der Waals surface area contributed by atoms with Gasteiger partial charge in [0.2, 0.25) is 0 Å². The van der Waals surface area contributed by atoms with Crippen molar-refractivity contribution >= 4 is 0 Å². The van der Waals surface area contributed by atoms with Crippen LogP contribution in [0.25, 0.3) is 10.4 Å². The van der Waals surface area contributed by atoms with Gasteiger partial charge in [-0.3, -0.25) is 0 Å². The minimum Gasteiger partial charge on any atom is -0.487 e. The zero-order chi connectivity index (χ0) is 17.6. The minimum atomic E-state index is -0.916. The molecule has 0 saturated carbocycles. The van der Waals surface area contributed by atoms with Gasteiger partial charge in [-0.1, -0.05) is 35.4 Å². The zero-order valence-electron chi connectivity index (χ0n) is 13.5. The van der Waals surface area contributed by atoms with Gasteiger partial charge in [0.1, 0.15) is 18.5 Å². The van der Waals surface area contributed by atoms with Crippen LogP contribution in [0.15, 0.2) is 47.6 Å². The number of aliphatic hydroxyl groups excluding tert-OH is 1. The van der Waals surface area contributed by atoms with E-state index >= 15 is 0 Å². The van der Waals surface area contributed by atoms with Crippen LogP contribution in [0.3, 0.4) is 0 Å². The van der Waals surface area contributed by atoms with Crippen molar-refractivity contribution in [3.63, 3.8) is 0 Å². The molecule has 25 heavy (non-hydrogen) atoms. The SMILES string of the molecule is [N-]=[N+]=NC[C@H](O)[C@H]1CCc2c(ccc(OCc3ccccc3)c2F)O1. The monoisotopic (exact) mass is 343 g/mol. The molecule has 0 unspecified atom stereocenters. The lowest BCUT2D eigenvalue weighted by Crippen LogP contribution is -2.37. The van der Waals surface area contributed by atoms with Gasteiger partial charge in [-0.2, -0.15) is 0 Å². The molecule has 0 spiro atoms. The normalized spacial score (nSPS) is 17.0. The lowest BCUT2D eigenvalue weighted by Gasteiger charge is -2.29. The van der Waals surface area contributed by atoms with Gasteiger partial charge in [0.25, 0.3) is 0 Å². The maximum atomic E-state index is 14.7. The second kappa shape index (κ2) is 7.88. The third-order valence-corrected chi connectivity index (χ3v) is 4.12. The van der Waals surface area contributed by atoms with Crippen molar-refractivity contribution in [3.8, 4) is 11.5 Å². The summed E-state index contributed by atoms with van der Waals surface area (Å²) in [7, 11) is 0. The number of fused-ring (bicyclic) bond motifs is 1. The van der Waals surface area contributed by atoms with Gasteiger partial charge < -0.3 is 14.6 Å². The fourth-order valence-corrected chi connectivity index (χ4v) is 2.79. The van der Waals surface area contributed by atoms with Gasteiger partial charge in [-0.15, -0.1) is 0 Å². The molecule has 2 atom stereocenters. The summed E-state index contributed by atoms with van der Waals surface area (Å²) in [6.07, 6.45) is -0.579. The topological polar surface area (TPSA) is 87.5 Å². The summed E-state index contributed by atoms with van der Waals surface area (Å²) in [5, 5.41) is 13.3. The number of benzene rings is 2. The third-order valence-electron chi connectivity index (χ3n) is 4.12. The number of rotatable bonds is 6. The van der Waals surface area contributed by atoms with Crippen molar-refractivity contribution in [2.75, 3.05) is 6.54 Å². The van der Waals surface area contributed by atoms with E-state index in [1.165, 1.54) is 6.07 Å². The Morgan fingerprint density at radius 1 is 1.32 bits per heavy atom. The Bertz CT molecular complexity index is 779. The van der Waals surface area contributed by atoms with E-state index in [2.05, 4.69) is 10.0 Å². The Morgan fingerprint density at radius 3 is 2.88 bits per heavy atom. The van der Waals surface area contributed by atoms with Crippen molar-refractivity contribution in [3.05, 3.63) is 69.9 Å². The summed E-state index contributed by atoms with van der Waals surface area (Å²) in [4.78, 5) is 2.62. The minimum absolute atomic E-state index is 0.0722. The molecule has 0 bridgehead atoms. The first-order valence-electron chi connectivity index (χ1n) is 8.02. The predicted octanol–water partition coefficient (Wildman–Crippen LogP) is 3.77. The Hall–Kier alpha value is -2.76. The summed E-state index contributed by atoms with van der Waals surface area (Å²) in [5.41, 5.74) is 9.71. The van der Waals surface area contributed by atoms with E-state index in [1.807, 2.05) is 30.3 Å². The number of halogens is 1. The lowest BCUT2D eigenvalue weighted by molar-refractivity contribution is 0.0289. The first kappa shape index (κ1) is 17.1. The van der Waals surface area contributed by atoms with Crippen LogP contribution in [0.2, 0.25) is 0 Å². The molecule has 1 N–H and O–H groups in total. The van der Waals surface area contributed by atoms with Crippen LogP contribution in [-0.2, 0) is 13.0 Å². The Kier molecular flexibility index (Phi) is 5.38. The quantitative estimate of drug-likeness (QED) is 0.492. The van der Waals surface area contributed by atoms with Crippen molar-refractivity contribution in [2.45, 2.75) is 31.7 Å². The van der Waals surface area contributed by atoms with Gasteiger partial charge in [0, 0.05) is 10.5 Å². The Labute approximate surface area is 144 Å². The molecule has 7 heteroatoms. The lowest BCUT2D eigenvalue weighted by atomic mass is 9.98. The molecule has 0 fully saturated rings. The molecule has 0 amide bonds. The summed E-state index contributed by atoms with van der Waals surface area (Å²) < 4.78 is 25.9. The predicted molar refractivity (Wildman–Crippen MR) is 89.9 cm³/mol. The maximum Gasteiger partial charge on any atom is 0.171 e. The molecule has 2 aromatic rings. The van der Waals surface area contributed by atoms with Crippen LogP contribution in [0.4, 0.5) is 4.39 Å². The average molecular weight is 343 g/mol. The van der Waals surface area contributed by atoms with Gasteiger partial charge in [0.05, 0.1) is 12.6 Å². The van der Waals surface area contributed by atoms with Crippen molar-refractivity contribution in [1.29, 1.82) is 0 Å². The summed E-state index contributed by atoms with van der Waals surface area (Å²) >= 11 is 0. The van der Waals surface area contributed by atoms with Crippen LogP contribution in [-0.4, -0.2) is 23.9 Å². The molecule has 3 rings (SSSR count). The molecule has 6 nitrogen and oxygen atoms in total. The highest BCUT2D eigenvalue weighted by molar-refractivity contribution is 5.43. The average Bonchev–Trinajstić information content (AvgIpc) is 2.66. The summed E-state index contributed by atoms with van der Waals surface area (Å²) in [6, 6.07) is 12.7. The molecule has 1 heterocycles. The maximum absolute atomic E-state index is 14.7. The number of azide groups is 1. The van der Waals surface area contributed by atoms with Crippen LogP contribution >= 0.6 is 0 Å². The van der Waals surface area contributed by atoms with Crippen LogP contribution < -0.4 is 9.47 Å². The molecule has 1 aliphatic heterocycles. The second-order valence-electron chi connectivity index (χ2n) is 5.80. The van der Waals surface area contributed by atoms with E-state index < -0.39 is 18.0 Å². The number of aliphatic hydroxyl groups is 1. The first-order valence-corrected chi connectivity index (χ1v) is 8.02. The molecule has 1 aliphatic rings. The van der Waals surface area contributed by atoms with E-state index in [4.69, 9.17) is 15.0 Å². The molecule has 0 aliphatic carbocycles. The molecule has 0 saturated heterocycles.